The number of aryl methyl sites for hydroxylation is 4. The molecule has 6 nitrogen and oxygen atoms in total. The van der Waals surface area contributed by atoms with Crippen LogP contribution in [0.1, 0.15) is 39.4 Å². The number of fused-ring (bicyclic) bond motifs is 1. The number of amides is 1. The van der Waals surface area contributed by atoms with Gasteiger partial charge in [-0.1, -0.05) is 0 Å². The minimum atomic E-state index is -1.19. The zero-order chi connectivity index (χ0) is 17.6. The van der Waals surface area contributed by atoms with Crippen molar-refractivity contribution in [1.82, 2.24) is 15.1 Å². The molecule has 0 bridgehead atoms. The lowest BCUT2D eigenvalue weighted by Gasteiger charge is -2.23. The van der Waals surface area contributed by atoms with Crippen LogP contribution < -0.4 is 5.32 Å². The summed E-state index contributed by atoms with van der Waals surface area (Å²) in [5, 5.41) is 18.8. The van der Waals surface area contributed by atoms with Crippen LogP contribution in [0.2, 0.25) is 0 Å². The lowest BCUT2D eigenvalue weighted by atomic mass is 9.96. The Morgan fingerprint density at radius 1 is 1.42 bits per heavy atom. The van der Waals surface area contributed by atoms with E-state index in [0.29, 0.717) is 16.2 Å². The second-order valence-corrected chi connectivity index (χ2v) is 7.35. The number of aromatic nitrogens is 2. The summed E-state index contributed by atoms with van der Waals surface area (Å²) in [7, 11) is 1.86. The highest BCUT2D eigenvalue weighted by molar-refractivity contribution is 7.20. The number of nitrogens with one attached hydrogen (secondary N) is 1. The highest BCUT2D eigenvalue weighted by atomic mass is 32.1. The molecule has 0 unspecified atom stereocenters. The van der Waals surface area contributed by atoms with E-state index in [1.54, 1.807) is 24.6 Å². The highest BCUT2D eigenvalue weighted by Gasteiger charge is 2.28. The number of hydrogen-bond acceptors (Lipinski definition) is 5. The molecule has 0 aliphatic rings. The molecular formula is C17H21N3O3S. The average Bonchev–Trinajstić information content (AvgIpc) is 3.14. The van der Waals surface area contributed by atoms with Crippen molar-refractivity contribution in [2.75, 3.05) is 6.54 Å². The monoisotopic (exact) mass is 347 g/mol. The first-order chi connectivity index (χ1) is 11.2. The van der Waals surface area contributed by atoms with Crippen molar-refractivity contribution in [2.24, 2.45) is 7.05 Å². The molecule has 2 N–H and O–H groups in total. The van der Waals surface area contributed by atoms with E-state index >= 15 is 0 Å². The summed E-state index contributed by atoms with van der Waals surface area (Å²) in [6.45, 7) is 7.34. The Kier molecular flexibility index (Phi) is 4.01. The van der Waals surface area contributed by atoms with Gasteiger partial charge in [-0.15, -0.1) is 11.3 Å². The number of thiophene rings is 1. The first-order valence-corrected chi connectivity index (χ1v) is 8.52. The third-order valence-electron chi connectivity index (χ3n) is 4.13. The average molecular weight is 347 g/mol. The number of furan rings is 1. The molecule has 0 aliphatic heterocycles. The van der Waals surface area contributed by atoms with E-state index in [4.69, 9.17) is 4.42 Å². The Hall–Kier alpha value is -2.12. The fourth-order valence-corrected chi connectivity index (χ4v) is 3.96. The maximum absolute atomic E-state index is 12.4. The van der Waals surface area contributed by atoms with Crippen molar-refractivity contribution >= 4 is 27.5 Å². The van der Waals surface area contributed by atoms with Gasteiger partial charge < -0.3 is 14.8 Å². The first kappa shape index (κ1) is 16.7. The molecule has 0 radical (unpaired) electrons. The van der Waals surface area contributed by atoms with Crippen LogP contribution >= 0.6 is 11.3 Å². The Balaban J connectivity index is 1.76. The third-order valence-corrected chi connectivity index (χ3v) is 5.33. The Morgan fingerprint density at radius 3 is 2.71 bits per heavy atom. The Morgan fingerprint density at radius 2 is 2.12 bits per heavy atom. The quantitative estimate of drug-likeness (QED) is 0.760. The molecule has 1 atom stereocenters. The van der Waals surface area contributed by atoms with E-state index in [1.165, 1.54) is 11.3 Å². The van der Waals surface area contributed by atoms with Crippen molar-refractivity contribution in [3.63, 3.8) is 0 Å². The molecule has 0 saturated carbocycles. The van der Waals surface area contributed by atoms with E-state index in [0.717, 1.165) is 21.7 Å². The number of carbonyl (C=O) groups excluding carboxylic acids is 1. The molecule has 7 heteroatoms. The summed E-state index contributed by atoms with van der Waals surface area (Å²) < 4.78 is 7.25. The molecule has 3 aromatic rings. The van der Waals surface area contributed by atoms with Crippen LogP contribution in [0.4, 0.5) is 0 Å². The van der Waals surface area contributed by atoms with Crippen molar-refractivity contribution in [2.45, 2.75) is 33.3 Å². The van der Waals surface area contributed by atoms with Crippen molar-refractivity contribution in [3.05, 3.63) is 39.8 Å². The standard InChI is InChI=1S/C17H21N3O3S/c1-9-6-13(11(3)23-9)17(4,22)8-18-15(21)14-7-12-10(2)19-20(5)16(12)24-14/h6-7,22H,8H2,1-5H3,(H,18,21)/t17-/m1/s1. The summed E-state index contributed by atoms with van der Waals surface area (Å²) in [4.78, 5) is 14.0. The summed E-state index contributed by atoms with van der Waals surface area (Å²) in [6, 6.07) is 3.65. The van der Waals surface area contributed by atoms with Gasteiger partial charge in [0, 0.05) is 18.0 Å². The minimum absolute atomic E-state index is 0.108. The minimum Gasteiger partial charge on any atom is -0.466 e. The number of aliphatic hydroxyl groups is 1. The van der Waals surface area contributed by atoms with Crippen molar-refractivity contribution < 1.29 is 14.3 Å². The van der Waals surface area contributed by atoms with E-state index in [2.05, 4.69) is 10.4 Å². The van der Waals surface area contributed by atoms with Crippen LogP contribution in [0.25, 0.3) is 10.2 Å². The molecule has 3 aromatic heterocycles. The summed E-state index contributed by atoms with van der Waals surface area (Å²) >= 11 is 1.39. The van der Waals surface area contributed by atoms with Gasteiger partial charge in [0.2, 0.25) is 0 Å². The third kappa shape index (κ3) is 2.85. The normalized spacial score (nSPS) is 14.1. The fraction of sp³-hybridized carbons (Fsp3) is 0.412. The van der Waals surface area contributed by atoms with Gasteiger partial charge in [-0.3, -0.25) is 9.48 Å². The Labute approximate surface area is 144 Å². The van der Waals surface area contributed by atoms with Gasteiger partial charge in [0.1, 0.15) is 22.0 Å². The van der Waals surface area contributed by atoms with Crippen LogP contribution in [0.5, 0.6) is 0 Å². The lowest BCUT2D eigenvalue weighted by molar-refractivity contribution is 0.0515. The molecule has 0 aliphatic carbocycles. The predicted molar refractivity (Wildman–Crippen MR) is 93.4 cm³/mol. The second kappa shape index (κ2) is 5.75. The van der Waals surface area contributed by atoms with Crippen LogP contribution in [-0.4, -0.2) is 27.3 Å². The molecule has 0 saturated heterocycles. The van der Waals surface area contributed by atoms with Crippen LogP contribution in [-0.2, 0) is 12.6 Å². The molecular weight excluding hydrogens is 326 g/mol. The largest absolute Gasteiger partial charge is 0.466 e. The molecule has 1 amide bonds. The first-order valence-electron chi connectivity index (χ1n) is 7.70. The van der Waals surface area contributed by atoms with Crippen molar-refractivity contribution in [1.29, 1.82) is 0 Å². The maximum atomic E-state index is 12.4. The Bertz CT molecular complexity index is 883. The fourth-order valence-electron chi connectivity index (χ4n) is 2.92. The summed E-state index contributed by atoms with van der Waals surface area (Å²) in [5.74, 6) is 1.20. The molecule has 3 rings (SSSR count). The predicted octanol–water partition coefficient (Wildman–Crippen LogP) is 2.79. The van der Waals surface area contributed by atoms with Gasteiger partial charge in [-0.05, 0) is 39.8 Å². The van der Waals surface area contributed by atoms with E-state index in [9.17, 15) is 9.90 Å². The smallest absolute Gasteiger partial charge is 0.261 e. The molecule has 0 aromatic carbocycles. The van der Waals surface area contributed by atoms with Gasteiger partial charge in [0.05, 0.1) is 17.1 Å². The maximum Gasteiger partial charge on any atom is 0.261 e. The van der Waals surface area contributed by atoms with Gasteiger partial charge in [0.15, 0.2) is 0 Å². The lowest BCUT2D eigenvalue weighted by Crippen LogP contribution is -2.38. The number of nitrogens with zero attached hydrogens (tertiary/aromatic N) is 2. The van der Waals surface area contributed by atoms with Crippen LogP contribution in [0, 0.1) is 20.8 Å². The molecule has 24 heavy (non-hydrogen) atoms. The number of carbonyl (C=O) groups is 1. The van der Waals surface area contributed by atoms with Gasteiger partial charge >= 0.3 is 0 Å². The van der Waals surface area contributed by atoms with E-state index < -0.39 is 5.60 Å². The highest BCUT2D eigenvalue weighted by Crippen LogP contribution is 2.29. The van der Waals surface area contributed by atoms with Gasteiger partial charge in [-0.2, -0.15) is 5.10 Å². The van der Waals surface area contributed by atoms with Gasteiger partial charge in [0.25, 0.3) is 5.91 Å². The SMILES string of the molecule is Cc1cc([C@](C)(O)CNC(=O)c2cc3c(C)nn(C)c3s2)c(C)o1. The van der Waals surface area contributed by atoms with Gasteiger partial charge in [-0.25, -0.2) is 0 Å². The molecule has 0 spiro atoms. The topological polar surface area (TPSA) is 80.3 Å². The molecule has 0 fully saturated rings. The van der Waals surface area contributed by atoms with Crippen molar-refractivity contribution in [3.8, 4) is 0 Å². The zero-order valence-electron chi connectivity index (χ0n) is 14.4. The van der Waals surface area contributed by atoms with Crippen LogP contribution in [0.15, 0.2) is 16.5 Å². The summed E-state index contributed by atoms with van der Waals surface area (Å²) in [6.07, 6.45) is 0. The molecule has 128 valence electrons. The van der Waals surface area contributed by atoms with Crippen LogP contribution in [0.3, 0.4) is 0 Å². The summed E-state index contributed by atoms with van der Waals surface area (Å²) in [5.41, 5.74) is 0.405. The zero-order valence-corrected chi connectivity index (χ0v) is 15.2. The second-order valence-electron chi connectivity index (χ2n) is 6.32. The van der Waals surface area contributed by atoms with E-state index in [1.807, 2.05) is 27.0 Å². The molecule has 3 heterocycles. The number of rotatable bonds is 4. The number of hydrogen-bond donors (Lipinski definition) is 2. The van der Waals surface area contributed by atoms with E-state index in [-0.39, 0.29) is 12.5 Å².